The average Bonchev–Trinajstić information content (AvgIpc) is 2.75. The zero-order chi connectivity index (χ0) is 21.5. The molecule has 2 aromatic carbocycles. The standard InChI is InChI=1S/C23H29N3O4/c1-4-30-23(28)26-14-12-25(13-15-26)21(18-8-6-5-7-9-18)22(27)24-19-16-17(2)10-11-20(19)29-3/h5-11,16,21H,4,12-15H2,1-3H3,(H,24,27)/p+1/t21-/m1/s1. The summed E-state index contributed by atoms with van der Waals surface area (Å²) in [6, 6.07) is 15.1. The first-order chi connectivity index (χ1) is 14.5. The fraction of sp³-hybridized carbons (Fsp3) is 0.391. The summed E-state index contributed by atoms with van der Waals surface area (Å²) in [5, 5.41) is 3.06. The second kappa shape index (κ2) is 10.1. The van der Waals surface area contributed by atoms with E-state index in [1.54, 1.807) is 18.9 Å². The molecule has 1 heterocycles. The molecule has 0 saturated carbocycles. The van der Waals surface area contributed by atoms with Crippen LogP contribution in [0.2, 0.25) is 0 Å². The van der Waals surface area contributed by atoms with Crippen LogP contribution in [0.5, 0.6) is 5.75 Å². The minimum absolute atomic E-state index is 0.0929. The van der Waals surface area contributed by atoms with Gasteiger partial charge >= 0.3 is 6.09 Å². The summed E-state index contributed by atoms with van der Waals surface area (Å²) >= 11 is 0. The molecule has 0 bridgehead atoms. The minimum atomic E-state index is -0.388. The Morgan fingerprint density at radius 3 is 2.47 bits per heavy atom. The molecular formula is C23H30N3O4+. The first-order valence-corrected chi connectivity index (χ1v) is 10.3. The van der Waals surface area contributed by atoms with E-state index in [1.165, 1.54) is 0 Å². The zero-order valence-electron chi connectivity index (χ0n) is 17.8. The lowest BCUT2D eigenvalue weighted by Crippen LogP contribution is -3.16. The molecule has 1 saturated heterocycles. The molecule has 0 aromatic heterocycles. The van der Waals surface area contributed by atoms with Crippen LogP contribution in [-0.4, -0.2) is 56.8 Å². The van der Waals surface area contributed by atoms with Gasteiger partial charge < -0.3 is 19.7 Å². The normalized spacial score (nSPS) is 15.4. The van der Waals surface area contributed by atoms with Crippen molar-refractivity contribution in [3.63, 3.8) is 0 Å². The Kier molecular flexibility index (Phi) is 7.30. The fourth-order valence-corrected chi connectivity index (χ4v) is 3.82. The molecular weight excluding hydrogens is 382 g/mol. The van der Waals surface area contributed by atoms with E-state index >= 15 is 0 Å². The molecule has 2 aromatic rings. The van der Waals surface area contributed by atoms with Gasteiger partial charge in [-0.2, -0.15) is 0 Å². The predicted molar refractivity (Wildman–Crippen MR) is 115 cm³/mol. The average molecular weight is 413 g/mol. The lowest BCUT2D eigenvalue weighted by atomic mass is 10.0. The number of aryl methyl sites for hydroxylation is 1. The molecule has 30 heavy (non-hydrogen) atoms. The number of nitrogens with zero attached hydrogens (tertiary/aromatic N) is 1. The van der Waals surface area contributed by atoms with Gasteiger partial charge in [0.1, 0.15) is 5.75 Å². The molecule has 1 atom stereocenters. The van der Waals surface area contributed by atoms with Crippen molar-refractivity contribution in [2.45, 2.75) is 19.9 Å². The van der Waals surface area contributed by atoms with Crippen molar-refractivity contribution in [1.29, 1.82) is 0 Å². The number of hydrogen-bond donors (Lipinski definition) is 2. The number of piperazine rings is 1. The summed E-state index contributed by atoms with van der Waals surface area (Å²) in [5.74, 6) is 0.535. The van der Waals surface area contributed by atoms with Gasteiger partial charge in [-0.15, -0.1) is 0 Å². The number of methoxy groups -OCH3 is 1. The van der Waals surface area contributed by atoms with Crippen LogP contribution in [0, 0.1) is 6.92 Å². The van der Waals surface area contributed by atoms with E-state index in [-0.39, 0.29) is 18.0 Å². The van der Waals surface area contributed by atoms with Gasteiger partial charge in [0.2, 0.25) is 0 Å². The van der Waals surface area contributed by atoms with Crippen LogP contribution in [0.1, 0.15) is 24.1 Å². The summed E-state index contributed by atoms with van der Waals surface area (Å²) < 4.78 is 10.5. The highest BCUT2D eigenvalue weighted by Gasteiger charge is 2.35. The Labute approximate surface area is 177 Å². The molecule has 2 amide bonds. The predicted octanol–water partition coefficient (Wildman–Crippen LogP) is 2.04. The molecule has 1 fully saturated rings. The van der Waals surface area contributed by atoms with E-state index in [0.717, 1.165) is 16.0 Å². The van der Waals surface area contributed by atoms with Gasteiger partial charge in [-0.05, 0) is 31.5 Å². The van der Waals surface area contributed by atoms with E-state index in [1.807, 2.05) is 55.5 Å². The number of ether oxygens (including phenoxy) is 2. The summed E-state index contributed by atoms with van der Waals surface area (Å²) in [6.45, 7) is 6.57. The summed E-state index contributed by atoms with van der Waals surface area (Å²) in [7, 11) is 1.59. The lowest BCUT2D eigenvalue weighted by molar-refractivity contribution is -0.925. The molecule has 0 radical (unpaired) electrons. The maximum absolute atomic E-state index is 13.4. The van der Waals surface area contributed by atoms with Gasteiger partial charge in [0, 0.05) is 5.56 Å². The summed E-state index contributed by atoms with van der Waals surface area (Å²) in [4.78, 5) is 28.3. The van der Waals surface area contributed by atoms with Gasteiger partial charge in [-0.3, -0.25) is 9.69 Å². The fourth-order valence-electron chi connectivity index (χ4n) is 3.82. The maximum atomic E-state index is 13.4. The number of nitrogens with one attached hydrogen (secondary N) is 2. The Morgan fingerprint density at radius 1 is 1.13 bits per heavy atom. The van der Waals surface area contributed by atoms with Gasteiger partial charge in [-0.25, -0.2) is 4.79 Å². The van der Waals surface area contributed by atoms with Crippen LogP contribution in [-0.2, 0) is 9.53 Å². The lowest BCUT2D eigenvalue weighted by Gasteiger charge is -2.35. The number of carbonyl (C=O) groups is 2. The van der Waals surface area contributed by atoms with Crippen molar-refractivity contribution in [3.8, 4) is 5.75 Å². The molecule has 160 valence electrons. The number of anilines is 1. The molecule has 2 N–H and O–H groups in total. The second-order valence-electron chi connectivity index (χ2n) is 7.38. The summed E-state index contributed by atoms with van der Waals surface area (Å²) in [5.41, 5.74) is 2.65. The highest BCUT2D eigenvalue weighted by molar-refractivity contribution is 5.96. The van der Waals surface area contributed by atoms with Crippen molar-refractivity contribution >= 4 is 17.7 Å². The Morgan fingerprint density at radius 2 is 1.83 bits per heavy atom. The highest BCUT2D eigenvalue weighted by Crippen LogP contribution is 2.26. The number of benzene rings is 2. The molecule has 7 heteroatoms. The highest BCUT2D eigenvalue weighted by atomic mass is 16.6. The first kappa shape index (κ1) is 21.6. The third-order valence-electron chi connectivity index (χ3n) is 5.35. The van der Waals surface area contributed by atoms with Crippen molar-refractivity contribution in [2.24, 2.45) is 0 Å². The van der Waals surface area contributed by atoms with Crippen LogP contribution < -0.4 is 15.0 Å². The Balaban J connectivity index is 1.80. The van der Waals surface area contributed by atoms with Crippen LogP contribution in [0.4, 0.5) is 10.5 Å². The van der Waals surface area contributed by atoms with Crippen molar-refractivity contribution in [1.82, 2.24) is 4.90 Å². The van der Waals surface area contributed by atoms with Crippen molar-refractivity contribution in [3.05, 3.63) is 59.7 Å². The van der Waals surface area contributed by atoms with Gasteiger partial charge in [-0.1, -0.05) is 36.4 Å². The van der Waals surface area contributed by atoms with Crippen molar-refractivity contribution in [2.75, 3.05) is 45.2 Å². The first-order valence-electron chi connectivity index (χ1n) is 10.3. The molecule has 1 aliphatic rings. The van der Waals surface area contributed by atoms with E-state index in [0.29, 0.717) is 44.2 Å². The monoisotopic (exact) mass is 412 g/mol. The van der Waals surface area contributed by atoms with Crippen LogP contribution >= 0.6 is 0 Å². The minimum Gasteiger partial charge on any atom is -0.495 e. The topological polar surface area (TPSA) is 72.3 Å². The molecule has 0 spiro atoms. The number of amides is 2. The van der Waals surface area contributed by atoms with Crippen molar-refractivity contribution < 1.29 is 24.0 Å². The molecule has 0 aliphatic carbocycles. The third-order valence-corrected chi connectivity index (χ3v) is 5.35. The molecule has 0 unspecified atom stereocenters. The number of carbonyl (C=O) groups excluding carboxylic acids is 2. The second-order valence-corrected chi connectivity index (χ2v) is 7.38. The van der Waals surface area contributed by atoms with E-state index in [9.17, 15) is 9.59 Å². The largest absolute Gasteiger partial charge is 0.495 e. The van der Waals surface area contributed by atoms with Crippen LogP contribution in [0.15, 0.2) is 48.5 Å². The summed E-state index contributed by atoms with van der Waals surface area (Å²) in [6.07, 6.45) is -0.290. The van der Waals surface area contributed by atoms with Gasteiger partial charge in [0.05, 0.1) is 45.6 Å². The molecule has 1 aliphatic heterocycles. The smallest absolute Gasteiger partial charge is 0.410 e. The number of hydrogen-bond acceptors (Lipinski definition) is 4. The molecule has 3 rings (SSSR count). The maximum Gasteiger partial charge on any atom is 0.410 e. The van der Waals surface area contributed by atoms with Gasteiger partial charge in [0.15, 0.2) is 6.04 Å². The number of rotatable bonds is 6. The van der Waals surface area contributed by atoms with E-state index < -0.39 is 0 Å². The van der Waals surface area contributed by atoms with Crippen LogP contribution in [0.3, 0.4) is 0 Å². The number of quaternary nitrogens is 1. The van der Waals surface area contributed by atoms with E-state index in [2.05, 4.69) is 5.32 Å². The van der Waals surface area contributed by atoms with Gasteiger partial charge in [0.25, 0.3) is 5.91 Å². The quantitative estimate of drug-likeness (QED) is 0.762. The zero-order valence-corrected chi connectivity index (χ0v) is 17.8. The Bertz CT molecular complexity index is 864. The Hall–Kier alpha value is -3.06. The van der Waals surface area contributed by atoms with E-state index in [4.69, 9.17) is 9.47 Å². The molecule has 7 nitrogen and oxygen atoms in total. The SMILES string of the molecule is CCOC(=O)N1CC[NH+]([C@@H](C(=O)Nc2cc(C)ccc2OC)c2ccccc2)CC1. The van der Waals surface area contributed by atoms with Crippen LogP contribution in [0.25, 0.3) is 0 Å². The third kappa shape index (κ3) is 5.10.